The normalized spacial score (nSPS) is 25.5. The highest BCUT2D eigenvalue weighted by Gasteiger charge is 2.39. The van der Waals surface area contributed by atoms with Gasteiger partial charge in [-0.25, -0.2) is 4.39 Å². The molecule has 1 aliphatic rings. The van der Waals surface area contributed by atoms with Crippen molar-refractivity contribution in [1.82, 2.24) is 0 Å². The molecule has 0 aliphatic heterocycles. The SMILES string of the molecule is CCCCC(O)(CF)C/C=C/[C@H]1[C@H](O)CC(=O)[C@@H]1C/C=C\CCCC(=O)O. The van der Waals surface area contributed by atoms with Gasteiger partial charge in [-0.3, -0.25) is 9.59 Å². The van der Waals surface area contributed by atoms with Crippen molar-refractivity contribution < 1.29 is 29.3 Å². The lowest BCUT2D eigenvalue weighted by Gasteiger charge is -2.23. The highest BCUT2D eigenvalue weighted by Crippen LogP contribution is 2.34. The number of ketones is 1. The molecule has 0 bridgehead atoms. The predicted molar refractivity (Wildman–Crippen MR) is 102 cm³/mol. The molecule has 1 aliphatic carbocycles. The first-order chi connectivity index (χ1) is 12.8. The number of unbranched alkanes of at least 4 members (excludes halogenated alkanes) is 2. The number of rotatable bonds is 13. The fourth-order valence-corrected chi connectivity index (χ4v) is 3.43. The summed E-state index contributed by atoms with van der Waals surface area (Å²) in [6, 6.07) is 0. The Morgan fingerprint density at radius 1 is 1.30 bits per heavy atom. The summed E-state index contributed by atoms with van der Waals surface area (Å²) in [7, 11) is 0. The van der Waals surface area contributed by atoms with Gasteiger partial charge in [-0.1, -0.05) is 44.1 Å². The molecule has 1 fully saturated rings. The number of hydrogen-bond acceptors (Lipinski definition) is 4. The first-order valence-electron chi connectivity index (χ1n) is 9.85. The number of aliphatic hydroxyl groups is 2. The number of hydrogen-bond donors (Lipinski definition) is 3. The number of carboxylic acids is 1. The number of allylic oxidation sites excluding steroid dienone is 2. The second-order valence-corrected chi connectivity index (χ2v) is 7.51. The average molecular weight is 384 g/mol. The van der Waals surface area contributed by atoms with E-state index >= 15 is 0 Å². The van der Waals surface area contributed by atoms with Gasteiger partial charge in [0, 0.05) is 24.7 Å². The van der Waals surface area contributed by atoms with Gasteiger partial charge in [-0.15, -0.1) is 0 Å². The number of halogens is 1. The molecule has 4 atom stereocenters. The van der Waals surface area contributed by atoms with Crippen molar-refractivity contribution in [2.24, 2.45) is 11.8 Å². The maximum absolute atomic E-state index is 13.2. The number of Topliss-reactive ketones (excluding diaryl/α,β-unsaturated/α-hetero) is 1. The van der Waals surface area contributed by atoms with Crippen molar-refractivity contribution in [1.29, 1.82) is 0 Å². The Hall–Kier alpha value is -1.53. The Morgan fingerprint density at radius 2 is 2.04 bits per heavy atom. The van der Waals surface area contributed by atoms with Gasteiger partial charge in [0.05, 0.1) is 11.7 Å². The quantitative estimate of drug-likeness (QED) is 0.333. The Labute approximate surface area is 161 Å². The molecule has 5 nitrogen and oxygen atoms in total. The molecule has 0 aromatic rings. The first-order valence-corrected chi connectivity index (χ1v) is 9.85. The summed E-state index contributed by atoms with van der Waals surface area (Å²) < 4.78 is 13.2. The van der Waals surface area contributed by atoms with E-state index in [-0.39, 0.29) is 36.9 Å². The van der Waals surface area contributed by atoms with E-state index < -0.39 is 24.3 Å². The molecule has 6 heteroatoms. The van der Waals surface area contributed by atoms with E-state index in [9.17, 15) is 24.2 Å². The molecule has 1 unspecified atom stereocenters. The second kappa shape index (κ2) is 12.0. The number of alkyl halides is 1. The summed E-state index contributed by atoms with van der Waals surface area (Å²) in [5, 5.41) is 29.0. The molecule has 3 N–H and O–H groups in total. The van der Waals surface area contributed by atoms with Gasteiger partial charge in [0.15, 0.2) is 0 Å². The number of aliphatic carboxylic acids is 1. The van der Waals surface area contributed by atoms with Crippen LogP contribution in [-0.2, 0) is 9.59 Å². The topological polar surface area (TPSA) is 94.8 Å². The minimum atomic E-state index is -1.38. The molecule has 0 saturated heterocycles. The minimum absolute atomic E-state index is 0.000859. The summed E-state index contributed by atoms with van der Waals surface area (Å²) in [6.45, 7) is 1.17. The van der Waals surface area contributed by atoms with Gasteiger partial charge in [0.1, 0.15) is 12.5 Å². The van der Waals surface area contributed by atoms with Crippen LogP contribution in [0.5, 0.6) is 0 Å². The van der Waals surface area contributed by atoms with Crippen molar-refractivity contribution in [3.63, 3.8) is 0 Å². The predicted octanol–water partition coefficient (Wildman–Crippen LogP) is 3.59. The molecule has 27 heavy (non-hydrogen) atoms. The number of carbonyl (C=O) groups excluding carboxylic acids is 1. The summed E-state index contributed by atoms with van der Waals surface area (Å²) in [5.41, 5.74) is -1.38. The van der Waals surface area contributed by atoms with Crippen molar-refractivity contribution in [2.45, 2.75) is 76.4 Å². The van der Waals surface area contributed by atoms with E-state index in [0.717, 1.165) is 12.8 Å². The monoisotopic (exact) mass is 384 g/mol. The van der Waals surface area contributed by atoms with E-state index in [1.165, 1.54) is 0 Å². The van der Waals surface area contributed by atoms with Crippen LogP contribution in [-0.4, -0.2) is 45.5 Å². The average Bonchev–Trinajstić information content (AvgIpc) is 2.89. The van der Waals surface area contributed by atoms with Crippen molar-refractivity contribution >= 4 is 11.8 Å². The lowest BCUT2D eigenvalue weighted by atomic mass is 9.88. The molecule has 0 spiro atoms. The Bertz CT molecular complexity index is 531. The molecule has 1 saturated carbocycles. The largest absolute Gasteiger partial charge is 0.481 e. The Morgan fingerprint density at radius 3 is 2.67 bits per heavy atom. The summed E-state index contributed by atoms with van der Waals surface area (Å²) >= 11 is 0. The highest BCUT2D eigenvalue weighted by molar-refractivity contribution is 5.84. The van der Waals surface area contributed by atoms with Gasteiger partial charge in [-0.2, -0.15) is 0 Å². The molecular weight excluding hydrogens is 351 g/mol. The zero-order valence-corrected chi connectivity index (χ0v) is 16.1. The molecule has 0 aromatic carbocycles. The van der Waals surface area contributed by atoms with Crippen LogP contribution in [0.2, 0.25) is 0 Å². The van der Waals surface area contributed by atoms with E-state index in [1.54, 1.807) is 12.2 Å². The van der Waals surface area contributed by atoms with E-state index in [1.807, 2.05) is 19.1 Å². The third-order valence-electron chi connectivity index (χ3n) is 5.15. The van der Waals surface area contributed by atoms with Gasteiger partial charge in [0.2, 0.25) is 0 Å². The Kier molecular flexibility index (Phi) is 10.5. The summed E-state index contributed by atoms with van der Waals surface area (Å²) in [6.07, 6.45) is 10.5. The van der Waals surface area contributed by atoms with Gasteiger partial charge in [0.25, 0.3) is 0 Å². The highest BCUT2D eigenvalue weighted by atomic mass is 19.1. The molecular formula is C21H33FO5. The fourth-order valence-electron chi connectivity index (χ4n) is 3.43. The lowest BCUT2D eigenvalue weighted by Crippen LogP contribution is -2.30. The Balaban J connectivity index is 2.58. The summed E-state index contributed by atoms with van der Waals surface area (Å²) in [5.74, 6) is -1.49. The zero-order chi connectivity index (χ0) is 20.3. The van der Waals surface area contributed by atoms with E-state index in [4.69, 9.17) is 5.11 Å². The summed E-state index contributed by atoms with van der Waals surface area (Å²) in [4.78, 5) is 22.6. The number of carbonyl (C=O) groups is 2. The number of carboxylic acid groups (broad SMARTS) is 1. The molecule has 0 radical (unpaired) electrons. The standard InChI is InChI=1S/C21H33FO5/c1-2-3-12-21(27,15-22)13-8-10-17-16(18(23)14-19(17)24)9-6-4-5-7-11-20(25)26/h4,6,8,10,16-17,19,24,27H,2-3,5,7,9,11-15H2,1H3,(H,25,26)/b6-4-,10-8+/t16-,17-,19-,21?/m1/s1. The van der Waals surface area contributed by atoms with Crippen LogP contribution in [0.3, 0.4) is 0 Å². The molecule has 0 heterocycles. The van der Waals surface area contributed by atoms with Crippen molar-refractivity contribution in [2.75, 3.05) is 6.67 Å². The maximum atomic E-state index is 13.2. The van der Waals surface area contributed by atoms with Gasteiger partial charge < -0.3 is 15.3 Å². The number of aliphatic hydroxyl groups excluding tert-OH is 1. The molecule has 154 valence electrons. The van der Waals surface area contributed by atoms with Crippen LogP contribution >= 0.6 is 0 Å². The second-order valence-electron chi connectivity index (χ2n) is 7.51. The van der Waals surface area contributed by atoms with Crippen LogP contribution in [0.15, 0.2) is 24.3 Å². The van der Waals surface area contributed by atoms with Crippen LogP contribution in [0.1, 0.15) is 64.7 Å². The minimum Gasteiger partial charge on any atom is -0.481 e. The zero-order valence-electron chi connectivity index (χ0n) is 16.1. The first kappa shape index (κ1) is 23.5. The lowest BCUT2D eigenvalue weighted by molar-refractivity contribution is -0.137. The van der Waals surface area contributed by atoms with Crippen LogP contribution < -0.4 is 0 Å². The van der Waals surface area contributed by atoms with Gasteiger partial charge >= 0.3 is 5.97 Å². The van der Waals surface area contributed by atoms with Crippen LogP contribution in [0.25, 0.3) is 0 Å². The maximum Gasteiger partial charge on any atom is 0.303 e. The molecule has 1 rings (SSSR count). The molecule has 0 amide bonds. The van der Waals surface area contributed by atoms with Crippen molar-refractivity contribution in [3.8, 4) is 0 Å². The fraction of sp³-hybridized carbons (Fsp3) is 0.714. The van der Waals surface area contributed by atoms with Crippen LogP contribution in [0.4, 0.5) is 4.39 Å². The molecule has 0 aromatic heterocycles. The smallest absolute Gasteiger partial charge is 0.303 e. The van der Waals surface area contributed by atoms with E-state index in [2.05, 4.69) is 0 Å². The van der Waals surface area contributed by atoms with Gasteiger partial charge in [-0.05, 0) is 32.1 Å². The third-order valence-corrected chi connectivity index (χ3v) is 5.15. The van der Waals surface area contributed by atoms with E-state index in [0.29, 0.717) is 25.7 Å². The van der Waals surface area contributed by atoms with Crippen molar-refractivity contribution in [3.05, 3.63) is 24.3 Å². The van der Waals surface area contributed by atoms with Crippen LogP contribution in [0, 0.1) is 11.8 Å². The third kappa shape index (κ3) is 8.35.